The van der Waals surface area contributed by atoms with Crippen molar-refractivity contribution in [1.82, 2.24) is 0 Å². The van der Waals surface area contributed by atoms with Crippen molar-refractivity contribution < 1.29 is 18.3 Å². The van der Waals surface area contributed by atoms with Crippen molar-refractivity contribution in [2.45, 2.75) is 12.6 Å². The first-order valence-corrected chi connectivity index (χ1v) is 4.56. The van der Waals surface area contributed by atoms with Crippen molar-refractivity contribution in [3.05, 3.63) is 29.8 Å². The smallest absolute Gasteiger partial charge is 0.396 e. The number of aliphatic hydroxyl groups is 1. The van der Waals surface area contributed by atoms with Crippen LogP contribution in [0.25, 0.3) is 0 Å². The lowest BCUT2D eigenvalue weighted by Crippen LogP contribution is -2.06. The lowest BCUT2D eigenvalue weighted by molar-refractivity contribution is -0.137. The summed E-state index contributed by atoms with van der Waals surface area (Å²) in [5.41, 5.74) is -0.0355. The van der Waals surface area contributed by atoms with Crippen LogP contribution in [0.4, 0.5) is 18.9 Å². The Balaban J connectivity index is 2.57. The van der Waals surface area contributed by atoms with Gasteiger partial charge in [0.1, 0.15) is 0 Å². The maximum absolute atomic E-state index is 12.2. The molecule has 0 unspecified atom stereocenters. The lowest BCUT2D eigenvalue weighted by atomic mass is 10.2. The summed E-state index contributed by atoms with van der Waals surface area (Å²) in [5.74, 6) is 0. The molecule has 0 aliphatic heterocycles. The molecular weight excluding hydrogens is 207 g/mol. The molecule has 0 aliphatic rings. The van der Waals surface area contributed by atoms with Gasteiger partial charge in [0.25, 0.3) is 0 Å². The van der Waals surface area contributed by atoms with Crippen LogP contribution < -0.4 is 5.32 Å². The largest absolute Gasteiger partial charge is 0.416 e. The summed E-state index contributed by atoms with van der Waals surface area (Å²) in [6.45, 7) is 0.607. The Bertz CT molecular complexity index is 295. The van der Waals surface area contributed by atoms with Crippen LogP contribution in [-0.2, 0) is 6.18 Å². The van der Waals surface area contributed by atoms with E-state index in [9.17, 15) is 13.2 Å². The average Bonchev–Trinajstić information content (AvgIpc) is 2.18. The molecule has 5 heteroatoms. The molecule has 0 radical (unpaired) electrons. The fourth-order valence-corrected chi connectivity index (χ4v) is 1.09. The summed E-state index contributed by atoms with van der Waals surface area (Å²) in [4.78, 5) is 0. The molecule has 1 aromatic carbocycles. The highest BCUT2D eigenvalue weighted by atomic mass is 19.4. The van der Waals surface area contributed by atoms with Crippen molar-refractivity contribution in [3.8, 4) is 0 Å². The van der Waals surface area contributed by atoms with Crippen molar-refractivity contribution in [3.63, 3.8) is 0 Å². The van der Waals surface area contributed by atoms with Gasteiger partial charge in [0.15, 0.2) is 0 Å². The molecule has 0 aromatic heterocycles. The number of alkyl halides is 3. The van der Waals surface area contributed by atoms with Gasteiger partial charge in [-0.1, -0.05) is 0 Å². The van der Waals surface area contributed by atoms with Crippen LogP contribution in [0.2, 0.25) is 0 Å². The van der Waals surface area contributed by atoms with Crippen LogP contribution in [0.15, 0.2) is 24.3 Å². The molecule has 1 rings (SSSR count). The Labute approximate surface area is 85.7 Å². The lowest BCUT2D eigenvalue weighted by Gasteiger charge is -2.08. The van der Waals surface area contributed by atoms with E-state index in [2.05, 4.69) is 5.32 Å². The van der Waals surface area contributed by atoms with Gasteiger partial charge >= 0.3 is 6.18 Å². The molecule has 15 heavy (non-hydrogen) atoms. The molecule has 0 saturated carbocycles. The quantitative estimate of drug-likeness (QED) is 0.762. The normalized spacial score (nSPS) is 11.5. The number of halogens is 3. The van der Waals surface area contributed by atoms with E-state index in [1.54, 1.807) is 0 Å². The SMILES string of the molecule is OCCCNc1ccc(C(F)(F)F)cc1. The summed E-state index contributed by atoms with van der Waals surface area (Å²) >= 11 is 0. The van der Waals surface area contributed by atoms with Gasteiger partial charge in [-0.25, -0.2) is 0 Å². The summed E-state index contributed by atoms with van der Waals surface area (Å²) in [7, 11) is 0. The van der Waals surface area contributed by atoms with Gasteiger partial charge in [-0.2, -0.15) is 13.2 Å². The van der Waals surface area contributed by atoms with Crippen LogP contribution in [0.1, 0.15) is 12.0 Å². The Kier molecular flexibility index (Phi) is 3.96. The monoisotopic (exact) mass is 219 g/mol. The highest BCUT2D eigenvalue weighted by molar-refractivity contribution is 5.44. The van der Waals surface area contributed by atoms with Crippen molar-refractivity contribution >= 4 is 5.69 Å². The maximum atomic E-state index is 12.2. The second kappa shape index (κ2) is 5.02. The van der Waals surface area contributed by atoms with E-state index >= 15 is 0 Å². The highest BCUT2D eigenvalue weighted by Gasteiger charge is 2.29. The van der Waals surface area contributed by atoms with E-state index in [0.717, 1.165) is 12.1 Å². The topological polar surface area (TPSA) is 32.3 Å². The standard InChI is InChI=1S/C10H12F3NO/c11-10(12,13)8-2-4-9(5-3-8)14-6-1-7-15/h2-5,14-15H,1,6-7H2. The molecule has 0 heterocycles. The molecule has 0 aliphatic carbocycles. The molecule has 0 saturated heterocycles. The molecule has 0 spiro atoms. The van der Waals surface area contributed by atoms with Gasteiger partial charge in [0, 0.05) is 18.8 Å². The Morgan fingerprint density at radius 1 is 1.13 bits per heavy atom. The van der Waals surface area contributed by atoms with Gasteiger partial charge in [-0.3, -0.25) is 0 Å². The maximum Gasteiger partial charge on any atom is 0.416 e. The zero-order valence-corrected chi connectivity index (χ0v) is 8.01. The number of anilines is 1. The molecule has 2 N–H and O–H groups in total. The minimum atomic E-state index is -4.29. The molecule has 0 atom stereocenters. The zero-order chi connectivity index (χ0) is 11.3. The third kappa shape index (κ3) is 3.79. The molecule has 2 nitrogen and oxygen atoms in total. The minimum absolute atomic E-state index is 0.0631. The number of hydrogen-bond acceptors (Lipinski definition) is 2. The van der Waals surface area contributed by atoms with Crippen molar-refractivity contribution in [2.75, 3.05) is 18.5 Å². The van der Waals surface area contributed by atoms with E-state index < -0.39 is 11.7 Å². The van der Waals surface area contributed by atoms with E-state index in [4.69, 9.17) is 5.11 Å². The number of nitrogens with one attached hydrogen (secondary N) is 1. The molecule has 84 valence electrons. The molecular formula is C10H12F3NO. The highest BCUT2D eigenvalue weighted by Crippen LogP contribution is 2.29. The Morgan fingerprint density at radius 3 is 2.20 bits per heavy atom. The molecule has 1 aromatic rings. The van der Waals surface area contributed by atoms with E-state index in [1.165, 1.54) is 12.1 Å². The summed E-state index contributed by atoms with van der Waals surface area (Å²) in [6, 6.07) is 4.81. The number of hydrogen-bond donors (Lipinski definition) is 2. The third-order valence-electron chi connectivity index (χ3n) is 1.88. The predicted octanol–water partition coefficient (Wildman–Crippen LogP) is 2.50. The predicted molar refractivity (Wildman–Crippen MR) is 51.6 cm³/mol. The van der Waals surface area contributed by atoms with E-state index in [0.29, 0.717) is 18.7 Å². The van der Waals surface area contributed by atoms with Crippen LogP contribution >= 0.6 is 0 Å². The minimum Gasteiger partial charge on any atom is -0.396 e. The summed E-state index contributed by atoms with van der Waals surface area (Å²) < 4.78 is 36.5. The number of aliphatic hydroxyl groups excluding tert-OH is 1. The fourth-order valence-electron chi connectivity index (χ4n) is 1.09. The van der Waals surface area contributed by atoms with Gasteiger partial charge in [-0.15, -0.1) is 0 Å². The first-order chi connectivity index (χ1) is 7.04. The van der Waals surface area contributed by atoms with Crippen LogP contribution in [-0.4, -0.2) is 18.3 Å². The van der Waals surface area contributed by atoms with Gasteiger partial charge in [0.2, 0.25) is 0 Å². The second-order valence-corrected chi connectivity index (χ2v) is 3.08. The third-order valence-corrected chi connectivity index (χ3v) is 1.88. The van der Waals surface area contributed by atoms with E-state index in [1.807, 2.05) is 0 Å². The average molecular weight is 219 g/mol. The summed E-state index contributed by atoms with van der Waals surface area (Å²) in [6.07, 6.45) is -3.72. The van der Waals surface area contributed by atoms with Gasteiger partial charge in [-0.05, 0) is 30.7 Å². The molecule has 0 fully saturated rings. The first kappa shape index (κ1) is 11.8. The van der Waals surface area contributed by atoms with Gasteiger partial charge < -0.3 is 10.4 Å². The van der Waals surface area contributed by atoms with Crippen molar-refractivity contribution in [1.29, 1.82) is 0 Å². The Hall–Kier alpha value is -1.23. The zero-order valence-electron chi connectivity index (χ0n) is 8.01. The fraction of sp³-hybridized carbons (Fsp3) is 0.400. The molecule has 0 bridgehead atoms. The second-order valence-electron chi connectivity index (χ2n) is 3.08. The first-order valence-electron chi connectivity index (χ1n) is 4.56. The molecule has 0 amide bonds. The van der Waals surface area contributed by atoms with Crippen LogP contribution in [0.5, 0.6) is 0 Å². The van der Waals surface area contributed by atoms with Gasteiger partial charge in [0.05, 0.1) is 5.56 Å². The van der Waals surface area contributed by atoms with Crippen molar-refractivity contribution in [2.24, 2.45) is 0 Å². The number of benzene rings is 1. The Morgan fingerprint density at radius 2 is 1.73 bits per heavy atom. The summed E-state index contributed by atoms with van der Waals surface area (Å²) in [5, 5.41) is 11.4. The van der Waals surface area contributed by atoms with Crippen LogP contribution in [0, 0.1) is 0 Å². The van der Waals surface area contributed by atoms with E-state index in [-0.39, 0.29) is 6.61 Å². The van der Waals surface area contributed by atoms with Crippen LogP contribution in [0.3, 0.4) is 0 Å². The number of rotatable bonds is 4.